The number of hydrogen-bond acceptors (Lipinski definition) is 10. The standard InChI is InChI=1S/C46H54F3N9O7/c1-22(2)36(54-44(61)63-5)41(59)56-15-7-8-32(56)39-50-20-30(52-39)26-11-13-27-34(17-26)65-43(24-9-10-24)58-31-14-12-25(16-28(31)35(47)38(27)58)29-19-51-40(53-29)33-18-46(48,49)21-57(33)42(60)37(23(3)4)55-45(62)64-6/h11-14,16-17,19-20,22-24,32-33,36-37,43,45,55,62H,7-10,15,18,21H2,1-6H3,(H,50,52)(H,51,53)(H,54,61)/t32-,33-,36-,37-,43?,45?/m0/s1. The van der Waals surface area contributed by atoms with E-state index in [0.717, 1.165) is 29.7 Å². The van der Waals surface area contributed by atoms with E-state index in [-0.39, 0.29) is 35.5 Å². The van der Waals surface area contributed by atoms with Crippen molar-refractivity contribution in [2.24, 2.45) is 17.8 Å². The minimum atomic E-state index is -3.18. The summed E-state index contributed by atoms with van der Waals surface area (Å²) in [4.78, 5) is 58.0. The van der Waals surface area contributed by atoms with Crippen molar-refractivity contribution >= 4 is 28.8 Å². The van der Waals surface area contributed by atoms with E-state index in [2.05, 4.69) is 25.6 Å². The fourth-order valence-electron chi connectivity index (χ4n) is 9.55. The van der Waals surface area contributed by atoms with Crippen molar-refractivity contribution in [1.82, 2.24) is 44.9 Å². The summed E-state index contributed by atoms with van der Waals surface area (Å²) in [6.45, 7) is 6.92. The molecule has 2 saturated heterocycles. The van der Waals surface area contributed by atoms with Crippen molar-refractivity contribution in [3.05, 3.63) is 66.3 Å². The van der Waals surface area contributed by atoms with E-state index in [9.17, 15) is 19.5 Å². The molecule has 3 aromatic heterocycles. The number of H-pyrrole nitrogens is 2. The highest BCUT2D eigenvalue weighted by Crippen LogP contribution is 2.52. The van der Waals surface area contributed by atoms with Crippen LogP contribution in [-0.4, -0.2) is 109 Å². The molecule has 65 heavy (non-hydrogen) atoms. The number of ether oxygens (including phenoxy) is 3. The van der Waals surface area contributed by atoms with Crippen LogP contribution in [-0.2, 0) is 19.1 Å². The van der Waals surface area contributed by atoms with Crippen LogP contribution in [0.5, 0.6) is 5.75 Å². The number of hydrogen-bond donors (Lipinski definition) is 5. The third-order valence-corrected chi connectivity index (χ3v) is 13.1. The Balaban J connectivity index is 0.993. The molecular weight excluding hydrogens is 848 g/mol. The van der Waals surface area contributed by atoms with Crippen LogP contribution in [0.15, 0.2) is 48.8 Å². The number of nitrogens with zero attached hydrogens (tertiary/aromatic N) is 5. The van der Waals surface area contributed by atoms with Crippen LogP contribution in [0.1, 0.15) is 89.8 Å². The Morgan fingerprint density at radius 2 is 1.54 bits per heavy atom. The monoisotopic (exact) mass is 901 g/mol. The van der Waals surface area contributed by atoms with Crippen LogP contribution in [0, 0.1) is 23.6 Å². The molecule has 5 N–H and O–H groups in total. The molecule has 2 unspecified atom stereocenters. The molecule has 346 valence electrons. The molecule has 3 aliphatic heterocycles. The fourth-order valence-corrected chi connectivity index (χ4v) is 9.55. The number of carbonyl (C=O) groups excluding carboxylic acids is 3. The Labute approximate surface area is 373 Å². The first-order valence-electron chi connectivity index (χ1n) is 22.1. The van der Waals surface area contributed by atoms with Gasteiger partial charge in [0.25, 0.3) is 5.92 Å². The van der Waals surface area contributed by atoms with E-state index in [4.69, 9.17) is 19.2 Å². The summed E-state index contributed by atoms with van der Waals surface area (Å²) in [5.41, 5.74) is 4.12. The number of aromatic amines is 2. The van der Waals surface area contributed by atoms with Gasteiger partial charge in [-0.1, -0.05) is 39.8 Å². The Bertz CT molecular complexity index is 2620. The van der Waals surface area contributed by atoms with Crippen molar-refractivity contribution in [3.63, 3.8) is 0 Å². The van der Waals surface area contributed by atoms with Crippen LogP contribution in [0.3, 0.4) is 0 Å². The van der Waals surface area contributed by atoms with Gasteiger partial charge >= 0.3 is 6.09 Å². The first-order chi connectivity index (χ1) is 31.1. The number of benzene rings is 2. The summed E-state index contributed by atoms with van der Waals surface area (Å²) in [7, 11) is 2.52. The number of amides is 3. The van der Waals surface area contributed by atoms with Gasteiger partial charge in [0, 0.05) is 48.1 Å². The number of aliphatic hydroxyl groups is 1. The van der Waals surface area contributed by atoms with E-state index < -0.39 is 67.5 Å². The number of alkyl halides is 2. The van der Waals surface area contributed by atoms with E-state index in [1.807, 2.05) is 48.7 Å². The number of alkyl carbamates (subject to hydrolysis) is 1. The van der Waals surface area contributed by atoms with E-state index in [0.29, 0.717) is 63.7 Å². The number of imidazole rings is 2. The molecule has 1 aliphatic carbocycles. The topological polar surface area (TPSA) is 192 Å². The zero-order chi connectivity index (χ0) is 46.1. The first-order valence-corrected chi connectivity index (χ1v) is 22.1. The Hall–Kier alpha value is -5.92. The Morgan fingerprint density at radius 1 is 0.892 bits per heavy atom. The lowest BCUT2D eigenvalue weighted by Gasteiger charge is -2.31. The lowest BCUT2D eigenvalue weighted by atomic mass is 10.0. The number of nitrogens with one attached hydrogen (secondary N) is 4. The van der Waals surface area contributed by atoms with Gasteiger partial charge < -0.3 is 49.0 Å². The van der Waals surface area contributed by atoms with Gasteiger partial charge in [-0.15, -0.1) is 0 Å². The lowest BCUT2D eigenvalue weighted by Crippen LogP contribution is -2.53. The Morgan fingerprint density at radius 3 is 2.18 bits per heavy atom. The summed E-state index contributed by atoms with van der Waals surface area (Å²) in [5, 5.41) is 15.7. The highest BCUT2D eigenvalue weighted by Gasteiger charge is 2.50. The molecule has 6 atom stereocenters. The predicted molar refractivity (Wildman–Crippen MR) is 232 cm³/mol. The molecule has 3 fully saturated rings. The van der Waals surface area contributed by atoms with Gasteiger partial charge in [0.05, 0.1) is 66.8 Å². The minimum absolute atomic E-state index is 0.162. The zero-order valence-corrected chi connectivity index (χ0v) is 37.0. The van der Waals surface area contributed by atoms with Gasteiger partial charge in [-0.25, -0.2) is 27.9 Å². The minimum Gasteiger partial charge on any atom is -0.469 e. The molecule has 19 heteroatoms. The Kier molecular flexibility index (Phi) is 11.7. The molecule has 0 radical (unpaired) electrons. The molecule has 0 spiro atoms. The number of fused-ring (bicyclic) bond motifs is 5. The van der Waals surface area contributed by atoms with Crippen molar-refractivity contribution < 1.29 is 46.9 Å². The highest BCUT2D eigenvalue weighted by atomic mass is 19.3. The fraction of sp³-hybridized carbons (Fsp3) is 0.500. The molecule has 0 bridgehead atoms. The highest BCUT2D eigenvalue weighted by molar-refractivity contribution is 5.93. The lowest BCUT2D eigenvalue weighted by molar-refractivity contribution is -0.146. The van der Waals surface area contributed by atoms with Gasteiger partial charge in [-0.2, -0.15) is 0 Å². The number of carbonyl (C=O) groups is 3. The largest absolute Gasteiger partial charge is 0.469 e. The van der Waals surface area contributed by atoms with Gasteiger partial charge in [-0.05, 0) is 61.8 Å². The molecule has 3 amide bonds. The second-order valence-corrected chi connectivity index (χ2v) is 18.3. The quantitative estimate of drug-likeness (QED) is 0.0768. The smallest absolute Gasteiger partial charge is 0.407 e. The average molecular weight is 902 g/mol. The normalized spacial score (nSPS) is 21.6. The second-order valence-electron chi connectivity index (χ2n) is 18.3. The van der Waals surface area contributed by atoms with Gasteiger partial charge in [0.15, 0.2) is 12.0 Å². The predicted octanol–water partition coefficient (Wildman–Crippen LogP) is 7.02. The van der Waals surface area contributed by atoms with Crippen LogP contribution in [0.2, 0.25) is 0 Å². The van der Waals surface area contributed by atoms with Gasteiger partial charge in [0.1, 0.15) is 23.4 Å². The third-order valence-electron chi connectivity index (χ3n) is 13.1. The number of aliphatic hydroxyl groups excluding tert-OH is 1. The van der Waals surface area contributed by atoms with Crippen molar-refractivity contribution in [1.29, 1.82) is 0 Å². The molecule has 6 heterocycles. The number of rotatable bonds is 13. The molecule has 16 nitrogen and oxygen atoms in total. The summed E-state index contributed by atoms with van der Waals surface area (Å²) in [6.07, 6.45) is 3.28. The summed E-state index contributed by atoms with van der Waals surface area (Å²) < 4.78 is 65.3. The van der Waals surface area contributed by atoms with Crippen LogP contribution < -0.4 is 15.4 Å². The number of likely N-dealkylation sites (tertiary alicyclic amines) is 2. The maximum absolute atomic E-state index is 17.0. The summed E-state index contributed by atoms with van der Waals surface area (Å²) >= 11 is 0. The van der Waals surface area contributed by atoms with Crippen molar-refractivity contribution in [2.75, 3.05) is 27.3 Å². The molecular formula is C46H54F3N9O7. The molecule has 1 saturated carbocycles. The average Bonchev–Trinajstić information content (AvgIpc) is 3.74. The van der Waals surface area contributed by atoms with E-state index >= 15 is 13.2 Å². The van der Waals surface area contributed by atoms with Crippen LogP contribution in [0.4, 0.5) is 18.0 Å². The maximum Gasteiger partial charge on any atom is 0.407 e. The van der Waals surface area contributed by atoms with Crippen molar-refractivity contribution in [2.45, 2.75) is 103 Å². The SMILES string of the molecule is COC(=O)N[C@H](C(=O)N1CCC[C@H]1c1ncc(-c2ccc3c(c2)OC(C2CC2)n2c-3c(F)c3cc(-c4cnc([C@@H]5CC(F)(F)CN5C(=O)[C@@H](NC(O)OC)C(C)C)[nH]4)ccc32)[nH]1)C(C)C. The van der Waals surface area contributed by atoms with E-state index in [1.54, 1.807) is 31.0 Å². The van der Waals surface area contributed by atoms with Crippen LogP contribution in [0.25, 0.3) is 44.7 Å². The van der Waals surface area contributed by atoms with Crippen LogP contribution >= 0.6 is 0 Å². The second kappa shape index (κ2) is 17.1. The zero-order valence-electron chi connectivity index (χ0n) is 37.0. The summed E-state index contributed by atoms with van der Waals surface area (Å²) in [6, 6.07) is 7.79. The molecule has 2 aromatic carbocycles. The maximum atomic E-state index is 17.0. The van der Waals surface area contributed by atoms with Gasteiger partial charge in [0.2, 0.25) is 18.2 Å². The number of aromatic nitrogens is 5. The summed E-state index contributed by atoms with van der Waals surface area (Å²) in [5.74, 6) is -3.49. The number of halogens is 3. The number of methoxy groups -OCH3 is 2. The van der Waals surface area contributed by atoms with Gasteiger partial charge in [-0.3, -0.25) is 14.9 Å². The first kappa shape index (κ1) is 44.3. The van der Waals surface area contributed by atoms with Crippen molar-refractivity contribution in [3.8, 4) is 39.5 Å². The third kappa shape index (κ3) is 8.22. The molecule has 9 rings (SSSR count). The molecule has 5 aromatic rings. The molecule has 4 aliphatic rings. The van der Waals surface area contributed by atoms with E-state index in [1.165, 1.54) is 20.4 Å².